The Hall–Kier alpha value is -0.650. The second-order valence-corrected chi connectivity index (χ2v) is 6.38. The smallest absolute Gasteiger partial charge is 0.133 e. The van der Waals surface area contributed by atoms with Crippen LogP contribution in [0.3, 0.4) is 0 Å². The Morgan fingerprint density at radius 2 is 2.05 bits per heavy atom. The number of rotatable bonds is 6. The van der Waals surface area contributed by atoms with Crippen LogP contribution < -0.4 is 10.1 Å². The van der Waals surface area contributed by atoms with Crippen molar-refractivity contribution in [2.75, 3.05) is 13.2 Å². The van der Waals surface area contributed by atoms with Crippen molar-refractivity contribution in [1.29, 1.82) is 0 Å². The van der Waals surface area contributed by atoms with Gasteiger partial charge in [-0.2, -0.15) is 0 Å². The maximum Gasteiger partial charge on any atom is 0.133 e. The summed E-state index contributed by atoms with van der Waals surface area (Å²) in [5, 5.41) is 3.49. The van der Waals surface area contributed by atoms with Crippen molar-refractivity contribution in [3.8, 4) is 5.75 Å². The third-order valence-corrected chi connectivity index (χ3v) is 4.35. The third-order valence-electron chi connectivity index (χ3n) is 3.73. The van der Waals surface area contributed by atoms with Gasteiger partial charge in [0, 0.05) is 12.6 Å². The minimum Gasteiger partial charge on any atom is -0.490 e. The van der Waals surface area contributed by atoms with Crippen LogP contribution in [0.5, 0.6) is 5.75 Å². The number of hydrogen-bond donors (Lipinski definition) is 1. The number of hydrogen-bond acceptors (Lipinski definition) is 3. The second-order valence-electron chi connectivity index (χ2n) is 5.53. The molecule has 0 radical (unpaired) electrons. The maximum absolute atomic E-state index is 13.0. The Kier molecular flexibility index (Phi) is 4.58. The van der Waals surface area contributed by atoms with Crippen molar-refractivity contribution < 1.29 is 13.9 Å². The van der Waals surface area contributed by atoms with Crippen molar-refractivity contribution in [3.63, 3.8) is 0 Å². The first-order valence-corrected chi connectivity index (χ1v) is 7.96. The third kappa shape index (κ3) is 3.93. The van der Waals surface area contributed by atoms with Crippen LogP contribution in [0.2, 0.25) is 0 Å². The molecule has 2 fully saturated rings. The van der Waals surface area contributed by atoms with E-state index in [1.807, 2.05) is 0 Å². The normalized spacial score (nSPS) is 25.9. The zero-order valence-corrected chi connectivity index (χ0v) is 12.9. The zero-order valence-electron chi connectivity index (χ0n) is 11.3. The molecule has 1 aromatic carbocycles. The molecule has 1 aliphatic carbocycles. The van der Waals surface area contributed by atoms with E-state index in [4.69, 9.17) is 9.47 Å². The first kappa shape index (κ1) is 14.3. The van der Waals surface area contributed by atoms with Gasteiger partial charge in [0.2, 0.25) is 0 Å². The van der Waals surface area contributed by atoms with E-state index in [-0.39, 0.29) is 11.9 Å². The molecule has 20 heavy (non-hydrogen) atoms. The van der Waals surface area contributed by atoms with Gasteiger partial charge in [-0.15, -0.1) is 0 Å². The molecular weight excluding hydrogens is 325 g/mol. The molecule has 1 saturated carbocycles. The highest BCUT2D eigenvalue weighted by Gasteiger charge is 2.28. The average molecular weight is 344 g/mol. The molecule has 1 heterocycles. The van der Waals surface area contributed by atoms with E-state index in [1.54, 1.807) is 6.07 Å². The van der Waals surface area contributed by atoms with Crippen LogP contribution in [0.1, 0.15) is 25.7 Å². The van der Waals surface area contributed by atoms with Gasteiger partial charge < -0.3 is 14.8 Å². The van der Waals surface area contributed by atoms with Crippen molar-refractivity contribution >= 4 is 15.9 Å². The van der Waals surface area contributed by atoms with Crippen LogP contribution in [0, 0.1) is 5.82 Å². The molecule has 0 aromatic heterocycles. The highest BCUT2D eigenvalue weighted by Crippen LogP contribution is 2.27. The van der Waals surface area contributed by atoms with E-state index >= 15 is 0 Å². The van der Waals surface area contributed by atoms with E-state index in [1.165, 1.54) is 25.0 Å². The minimum atomic E-state index is -0.271. The van der Waals surface area contributed by atoms with Gasteiger partial charge in [0.1, 0.15) is 18.2 Å². The standard InChI is InChI=1S/C15H19BrFNO2/c16-14-7-10(17)1-6-15(14)19-9-13-5-4-12(20-13)8-18-11-2-3-11/h1,6-7,11-13,18H,2-5,8-9H2. The lowest BCUT2D eigenvalue weighted by Gasteiger charge is -2.15. The van der Waals surface area contributed by atoms with Crippen LogP contribution in [-0.2, 0) is 4.74 Å². The summed E-state index contributed by atoms with van der Waals surface area (Å²) in [5.74, 6) is 0.391. The molecule has 0 bridgehead atoms. The lowest BCUT2D eigenvalue weighted by atomic mass is 10.2. The van der Waals surface area contributed by atoms with E-state index in [0.29, 0.717) is 22.9 Å². The van der Waals surface area contributed by atoms with Gasteiger partial charge in [-0.3, -0.25) is 0 Å². The van der Waals surface area contributed by atoms with E-state index in [9.17, 15) is 4.39 Å². The molecule has 3 nitrogen and oxygen atoms in total. The fourth-order valence-electron chi connectivity index (χ4n) is 2.41. The zero-order chi connectivity index (χ0) is 13.9. The monoisotopic (exact) mass is 343 g/mol. The number of halogens is 2. The molecule has 5 heteroatoms. The second kappa shape index (κ2) is 6.41. The van der Waals surface area contributed by atoms with Gasteiger partial charge in [-0.05, 0) is 59.8 Å². The SMILES string of the molecule is Fc1ccc(OCC2CCC(CNC3CC3)O2)c(Br)c1. The molecule has 2 unspecified atom stereocenters. The topological polar surface area (TPSA) is 30.5 Å². The Balaban J connectivity index is 1.42. The van der Waals surface area contributed by atoms with Crippen molar-refractivity contribution in [2.24, 2.45) is 0 Å². The first-order chi connectivity index (χ1) is 9.70. The molecule has 0 amide bonds. The highest BCUT2D eigenvalue weighted by atomic mass is 79.9. The summed E-state index contributed by atoms with van der Waals surface area (Å²) in [4.78, 5) is 0. The van der Waals surface area contributed by atoms with Crippen LogP contribution in [0.4, 0.5) is 4.39 Å². The number of ether oxygens (including phenoxy) is 2. The molecule has 0 spiro atoms. The summed E-state index contributed by atoms with van der Waals surface area (Å²) < 4.78 is 25.3. The van der Waals surface area contributed by atoms with Crippen LogP contribution in [-0.4, -0.2) is 31.4 Å². The van der Waals surface area contributed by atoms with E-state index in [2.05, 4.69) is 21.2 Å². The Morgan fingerprint density at radius 1 is 1.25 bits per heavy atom. The Bertz CT molecular complexity index is 467. The lowest BCUT2D eigenvalue weighted by molar-refractivity contribution is 0.0182. The largest absolute Gasteiger partial charge is 0.490 e. The summed E-state index contributed by atoms with van der Waals surface area (Å²) in [5.41, 5.74) is 0. The summed E-state index contributed by atoms with van der Waals surface area (Å²) in [6.07, 6.45) is 5.16. The van der Waals surface area contributed by atoms with Gasteiger partial charge >= 0.3 is 0 Å². The van der Waals surface area contributed by atoms with E-state index < -0.39 is 0 Å². The molecule has 2 atom stereocenters. The minimum absolute atomic E-state index is 0.137. The molecule has 3 rings (SSSR count). The van der Waals surface area contributed by atoms with Crippen molar-refractivity contribution in [2.45, 2.75) is 43.9 Å². The summed E-state index contributed by atoms with van der Waals surface area (Å²) in [6.45, 7) is 1.46. The van der Waals surface area contributed by atoms with Crippen molar-refractivity contribution in [3.05, 3.63) is 28.5 Å². The average Bonchev–Trinajstić information content (AvgIpc) is 3.14. The maximum atomic E-state index is 13.0. The molecular formula is C15H19BrFNO2. The summed E-state index contributed by atoms with van der Waals surface area (Å²) in [7, 11) is 0. The Labute approximate surface area is 127 Å². The quantitative estimate of drug-likeness (QED) is 0.859. The number of benzene rings is 1. The van der Waals surface area contributed by atoms with Gasteiger partial charge in [0.15, 0.2) is 0 Å². The molecule has 2 aliphatic rings. The fourth-order valence-corrected chi connectivity index (χ4v) is 2.88. The van der Waals surface area contributed by atoms with Crippen LogP contribution in [0.25, 0.3) is 0 Å². The van der Waals surface area contributed by atoms with E-state index in [0.717, 1.165) is 25.4 Å². The van der Waals surface area contributed by atoms with Crippen LogP contribution in [0.15, 0.2) is 22.7 Å². The van der Waals surface area contributed by atoms with Crippen molar-refractivity contribution in [1.82, 2.24) is 5.32 Å². The predicted molar refractivity (Wildman–Crippen MR) is 78.5 cm³/mol. The molecule has 1 N–H and O–H groups in total. The summed E-state index contributed by atoms with van der Waals surface area (Å²) in [6, 6.07) is 5.18. The first-order valence-electron chi connectivity index (χ1n) is 7.17. The fraction of sp³-hybridized carbons (Fsp3) is 0.600. The van der Waals surface area contributed by atoms with Crippen LogP contribution >= 0.6 is 15.9 Å². The highest BCUT2D eigenvalue weighted by molar-refractivity contribution is 9.10. The van der Waals surface area contributed by atoms with Gasteiger partial charge in [0.05, 0.1) is 16.7 Å². The van der Waals surface area contributed by atoms with Gasteiger partial charge in [-0.25, -0.2) is 4.39 Å². The van der Waals surface area contributed by atoms with Gasteiger partial charge in [-0.1, -0.05) is 0 Å². The molecule has 1 saturated heterocycles. The molecule has 1 aliphatic heterocycles. The molecule has 1 aromatic rings. The molecule has 110 valence electrons. The van der Waals surface area contributed by atoms with Gasteiger partial charge in [0.25, 0.3) is 0 Å². The summed E-state index contributed by atoms with van der Waals surface area (Å²) >= 11 is 3.30. The Morgan fingerprint density at radius 3 is 2.80 bits per heavy atom. The number of nitrogens with one attached hydrogen (secondary N) is 1. The predicted octanol–water partition coefficient (Wildman–Crippen LogP) is 3.27. The lowest BCUT2D eigenvalue weighted by Crippen LogP contribution is -2.29.